The minimum Gasteiger partial charge on any atom is -0.507 e. The molecule has 0 atom stereocenters. The number of nitrogen functional groups attached to an aromatic ring is 1. The maximum Gasteiger partial charge on any atom is 0.291 e. The van der Waals surface area contributed by atoms with Crippen molar-refractivity contribution in [1.29, 1.82) is 0 Å². The number of nitrogens with zero attached hydrogens (tertiary/aromatic N) is 6. The fraction of sp³-hybridized carbons (Fsp3) is 0. The quantitative estimate of drug-likeness (QED) is 0.437. The number of amides is 1. The number of hydrazone groups is 1. The predicted octanol–water partition coefficient (Wildman–Crippen LogP) is -0.298. The highest BCUT2D eigenvalue weighted by Crippen LogP contribution is 2.13. The summed E-state index contributed by atoms with van der Waals surface area (Å²) in [4.78, 5) is 12.1. The first-order valence-corrected chi connectivity index (χ1v) is 6.27. The number of carbonyl (C=O) groups excluding carboxylic acids is 1. The van der Waals surface area contributed by atoms with Crippen molar-refractivity contribution >= 4 is 17.9 Å². The van der Waals surface area contributed by atoms with Crippen molar-refractivity contribution in [2.45, 2.75) is 0 Å². The molecule has 0 radical (unpaired) electrons. The first-order valence-electron chi connectivity index (χ1n) is 6.27. The molecule has 11 heteroatoms. The maximum absolute atomic E-state index is 12.1. The van der Waals surface area contributed by atoms with E-state index >= 15 is 0 Å². The smallest absolute Gasteiger partial charge is 0.291 e. The third-order valence-corrected chi connectivity index (χ3v) is 2.78. The Labute approximate surface area is 128 Å². The fourth-order valence-corrected chi connectivity index (χ4v) is 1.70. The number of rotatable bonds is 4. The molecule has 1 aromatic carbocycles. The average Bonchev–Trinajstić information content (AvgIpc) is 3.17. The van der Waals surface area contributed by atoms with Crippen molar-refractivity contribution in [2.24, 2.45) is 5.10 Å². The van der Waals surface area contributed by atoms with Gasteiger partial charge in [-0.25, -0.2) is 10.1 Å². The molecule has 0 unspecified atom stereocenters. The molecule has 0 aliphatic heterocycles. The first-order chi connectivity index (χ1) is 11.2. The first kappa shape index (κ1) is 14.2. The van der Waals surface area contributed by atoms with Gasteiger partial charge in [-0.1, -0.05) is 17.3 Å². The molecule has 0 spiro atoms. The number of anilines is 1. The van der Waals surface area contributed by atoms with Crippen LogP contribution in [0.15, 0.2) is 40.2 Å². The Balaban J connectivity index is 1.77. The van der Waals surface area contributed by atoms with Crippen molar-refractivity contribution in [2.75, 3.05) is 5.73 Å². The second-order valence-corrected chi connectivity index (χ2v) is 4.26. The maximum atomic E-state index is 12.1. The Morgan fingerprint density at radius 1 is 1.39 bits per heavy atom. The molecule has 11 nitrogen and oxygen atoms in total. The van der Waals surface area contributed by atoms with E-state index in [2.05, 4.69) is 35.8 Å². The molecule has 0 fully saturated rings. The highest BCUT2D eigenvalue weighted by atomic mass is 16.6. The van der Waals surface area contributed by atoms with Crippen LogP contribution in [-0.4, -0.2) is 42.5 Å². The fourth-order valence-electron chi connectivity index (χ4n) is 1.70. The van der Waals surface area contributed by atoms with E-state index in [1.807, 2.05) is 0 Å². The van der Waals surface area contributed by atoms with Crippen LogP contribution in [0.5, 0.6) is 5.75 Å². The molecule has 0 bridgehead atoms. The average molecular weight is 314 g/mol. The topological polar surface area (TPSA) is 157 Å². The summed E-state index contributed by atoms with van der Waals surface area (Å²) in [7, 11) is 0. The van der Waals surface area contributed by atoms with Crippen LogP contribution in [0.1, 0.15) is 16.1 Å². The highest BCUT2D eigenvalue weighted by molar-refractivity contribution is 5.93. The summed E-state index contributed by atoms with van der Waals surface area (Å²) in [5.41, 5.74) is 8.31. The summed E-state index contributed by atoms with van der Waals surface area (Å²) >= 11 is 0. The zero-order valence-electron chi connectivity index (χ0n) is 11.5. The summed E-state index contributed by atoms with van der Waals surface area (Å²) in [6, 6.07) is 6.54. The van der Waals surface area contributed by atoms with Crippen LogP contribution in [0.4, 0.5) is 5.82 Å². The van der Waals surface area contributed by atoms with E-state index in [4.69, 9.17) is 5.73 Å². The van der Waals surface area contributed by atoms with Crippen LogP contribution in [0.25, 0.3) is 5.82 Å². The molecule has 2 heterocycles. The number of hydrogen-bond donors (Lipinski definition) is 3. The van der Waals surface area contributed by atoms with Gasteiger partial charge in [-0.3, -0.25) is 4.79 Å². The van der Waals surface area contributed by atoms with Crippen LogP contribution < -0.4 is 11.2 Å². The molecular formula is C12H10N8O3. The zero-order valence-corrected chi connectivity index (χ0v) is 11.5. The summed E-state index contributed by atoms with van der Waals surface area (Å²) < 4.78 is 5.52. The van der Waals surface area contributed by atoms with E-state index in [1.54, 1.807) is 18.2 Å². The van der Waals surface area contributed by atoms with E-state index in [9.17, 15) is 9.90 Å². The van der Waals surface area contributed by atoms with Gasteiger partial charge in [0.2, 0.25) is 11.6 Å². The van der Waals surface area contributed by atoms with Gasteiger partial charge in [0, 0.05) is 5.56 Å². The number of phenolic OH excluding ortho intramolecular Hbond substituents is 1. The SMILES string of the molecule is Nc1nonc1-n1nncc1C(=O)N/N=C\c1ccccc1O. The van der Waals surface area contributed by atoms with Crippen LogP contribution in [0.3, 0.4) is 0 Å². The van der Waals surface area contributed by atoms with Gasteiger partial charge < -0.3 is 10.8 Å². The molecule has 0 aliphatic rings. The van der Waals surface area contributed by atoms with Gasteiger partial charge in [-0.15, -0.1) is 5.10 Å². The zero-order chi connectivity index (χ0) is 16.2. The predicted molar refractivity (Wildman–Crippen MR) is 76.8 cm³/mol. The summed E-state index contributed by atoms with van der Waals surface area (Å²) in [6.45, 7) is 0. The Hall–Kier alpha value is -3.76. The number of benzene rings is 1. The molecule has 1 amide bonds. The van der Waals surface area contributed by atoms with Crippen LogP contribution in [-0.2, 0) is 0 Å². The Morgan fingerprint density at radius 2 is 2.22 bits per heavy atom. The van der Waals surface area contributed by atoms with E-state index in [0.29, 0.717) is 5.56 Å². The molecule has 23 heavy (non-hydrogen) atoms. The summed E-state index contributed by atoms with van der Waals surface area (Å²) in [5, 5.41) is 27.6. The molecule has 0 saturated carbocycles. The van der Waals surface area contributed by atoms with E-state index in [-0.39, 0.29) is 23.1 Å². The standard InChI is InChI=1S/C12H10N8O3/c13-10-11(18-23-17-10)20-8(6-15-19-20)12(22)16-14-5-7-3-1-2-4-9(7)21/h1-6,21H,(H2,13,17)(H,16,22)/b14-5-. The molecule has 0 aliphatic carbocycles. The Bertz CT molecular complexity index is 869. The molecule has 3 aromatic rings. The minimum atomic E-state index is -0.607. The van der Waals surface area contributed by atoms with Crippen molar-refractivity contribution in [3.05, 3.63) is 41.7 Å². The van der Waals surface area contributed by atoms with Gasteiger partial charge in [0.25, 0.3) is 5.91 Å². The summed E-state index contributed by atoms with van der Waals surface area (Å²) in [5.74, 6) is -0.567. The van der Waals surface area contributed by atoms with E-state index in [1.165, 1.54) is 18.5 Å². The van der Waals surface area contributed by atoms with Gasteiger partial charge in [0.15, 0.2) is 5.69 Å². The molecule has 0 saturated heterocycles. The lowest BCUT2D eigenvalue weighted by Gasteiger charge is -2.01. The van der Waals surface area contributed by atoms with Crippen molar-refractivity contribution in [3.8, 4) is 11.6 Å². The Morgan fingerprint density at radius 3 is 2.96 bits per heavy atom. The lowest BCUT2D eigenvalue weighted by atomic mass is 10.2. The number of hydrogen-bond acceptors (Lipinski definition) is 9. The van der Waals surface area contributed by atoms with E-state index < -0.39 is 5.91 Å². The largest absolute Gasteiger partial charge is 0.507 e. The van der Waals surface area contributed by atoms with Crippen molar-refractivity contribution in [1.82, 2.24) is 30.7 Å². The van der Waals surface area contributed by atoms with Crippen molar-refractivity contribution < 1.29 is 14.5 Å². The van der Waals surface area contributed by atoms with Crippen LogP contribution in [0, 0.1) is 0 Å². The lowest BCUT2D eigenvalue weighted by Crippen LogP contribution is -2.21. The van der Waals surface area contributed by atoms with Gasteiger partial charge in [0.1, 0.15) is 5.75 Å². The molecule has 2 aromatic heterocycles. The third-order valence-electron chi connectivity index (χ3n) is 2.78. The number of para-hydroxylation sites is 1. The third kappa shape index (κ3) is 2.83. The minimum absolute atomic E-state index is 0.0295. The van der Waals surface area contributed by atoms with Gasteiger partial charge >= 0.3 is 0 Å². The molecule has 116 valence electrons. The lowest BCUT2D eigenvalue weighted by molar-refractivity contribution is 0.0947. The number of nitrogens with two attached hydrogens (primary N) is 1. The number of carbonyl (C=O) groups is 1. The van der Waals surface area contributed by atoms with Gasteiger partial charge in [-0.2, -0.15) is 9.78 Å². The number of aromatic nitrogens is 5. The molecule has 4 N–H and O–H groups in total. The van der Waals surface area contributed by atoms with Crippen LogP contribution >= 0.6 is 0 Å². The van der Waals surface area contributed by atoms with Crippen molar-refractivity contribution in [3.63, 3.8) is 0 Å². The van der Waals surface area contributed by atoms with Crippen LogP contribution in [0.2, 0.25) is 0 Å². The van der Waals surface area contributed by atoms with Gasteiger partial charge in [-0.05, 0) is 22.4 Å². The molecular weight excluding hydrogens is 304 g/mol. The highest BCUT2D eigenvalue weighted by Gasteiger charge is 2.19. The normalized spacial score (nSPS) is 11.0. The monoisotopic (exact) mass is 314 g/mol. The molecule has 3 rings (SSSR count). The second kappa shape index (κ2) is 5.93. The second-order valence-electron chi connectivity index (χ2n) is 4.26. The number of nitrogens with one attached hydrogen (secondary N) is 1. The number of phenols is 1. The summed E-state index contributed by atoms with van der Waals surface area (Å²) in [6.07, 6.45) is 2.51. The number of aromatic hydroxyl groups is 1. The van der Waals surface area contributed by atoms with E-state index in [0.717, 1.165) is 4.68 Å². The Kier molecular flexibility index (Phi) is 3.66. The van der Waals surface area contributed by atoms with Gasteiger partial charge in [0.05, 0.1) is 12.4 Å².